The molecule has 248 valence electrons. The minimum atomic E-state index is -3.34. The lowest BCUT2D eigenvalue weighted by atomic mass is 9.88. The van der Waals surface area contributed by atoms with Crippen molar-refractivity contribution in [2.45, 2.75) is 49.8 Å². The SMILES string of the molecule is O=S(=O)(CCC1CCCCC1)c1cccc(-c2ccc(Cc3nc(-c4ccc(Cl)cc4Cl)cn3-c3cccc(N4CCNS4)c3)cc2)c1. The first kappa shape index (κ1) is 33.2. The number of hydrogen-bond donors (Lipinski definition) is 1. The van der Waals surface area contributed by atoms with Crippen molar-refractivity contribution in [3.8, 4) is 28.1 Å². The predicted molar refractivity (Wildman–Crippen MR) is 200 cm³/mol. The summed E-state index contributed by atoms with van der Waals surface area (Å²) in [6.07, 6.45) is 9.40. The lowest BCUT2D eigenvalue weighted by Crippen LogP contribution is -2.14. The van der Waals surface area contributed by atoms with E-state index in [0.717, 1.165) is 77.5 Å². The van der Waals surface area contributed by atoms with Crippen molar-refractivity contribution in [2.24, 2.45) is 5.92 Å². The Bertz CT molecular complexity index is 2000. The number of anilines is 1. The fourth-order valence-electron chi connectivity index (χ4n) is 6.67. The number of aromatic nitrogens is 2. The zero-order chi connectivity index (χ0) is 33.1. The van der Waals surface area contributed by atoms with Gasteiger partial charge in [-0.3, -0.25) is 0 Å². The van der Waals surface area contributed by atoms with Crippen LogP contribution in [0.3, 0.4) is 0 Å². The van der Waals surface area contributed by atoms with Crippen molar-refractivity contribution in [3.63, 3.8) is 0 Å². The summed E-state index contributed by atoms with van der Waals surface area (Å²) in [5, 5.41) is 1.13. The molecule has 2 aliphatic rings. The van der Waals surface area contributed by atoms with Crippen molar-refractivity contribution in [1.29, 1.82) is 0 Å². The van der Waals surface area contributed by atoms with Crippen LogP contribution in [0.15, 0.2) is 102 Å². The summed E-state index contributed by atoms with van der Waals surface area (Å²) in [4.78, 5) is 5.48. The summed E-state index contributed by atoms with van der Waals surface area (Å²) in [6.45, 7) is 1.86. The normalized spacial score (nSPS) is 15.7. The molecule has 48 heavy (non-hydrogen) atoms. The van der Waals surface area contributed by atoms with E-state index in [9.17, 15) is 8.42 Å². The fourth-order valence-corrected chi connectivity index (χ4v) is 9.39. The molecule has 1 aliphatic carbocycles. The second-order valence-electron chi connectivity index (χ2n) is 12.7. The van der Waals surface area contributed by atoms with Gasteiger partial charge in [0, 0.05) is 54.1 Å². The van der Waals surface area contributed by atoms with E-state index in [-0.39, 0.29) is 5.75 Å². The molecule has 0 unspecified atom stereocenters. The van der Waals surface area contributed by atoms with Crippen LogP contribution in [0.2, 0.25) is 10.0 Å². The van der Waals surface area contributed by atoms with E-state index in [1.807, 2.05) is 36.5 Å². The Labute approximate surface area is 297 Å². The Morgan fingerprint density at radius 3 is 2.42 bits per heavy atom. The molecule has 1 aliphatic heterocycles. The molecule has 0 bridgehead atoms. The maximum absolute atomic E-state index is 13.3. The summed E-state index contributed by atoms with van der Waals surface area (Å²) >= 11 is 14.4. The topological polar surface area (TPSA) is 67.2 Å². The van der Waals surface area contributed by atoms with Crippen LogP contribution < -0.4 is 9.03 Å². The highest BCUT2D eigenvalue weighted by Gasteiger charge is 2.21. The van der Waals surface area contributed by atoms with Crippen LogP contribution in [0.5, 0.6) is 0 Å². The minimum Gasteiger partial charge on any atom is -0.303 e. The average Bonchev–Trinajstić information content (AvgIpc) is 3.80. The molecular weight excluding hydrogens is 679 g/mol. The summed E-state index contributed by atoms with van der Waals surface area (Å²) in [5.74, 6) is 1.62. The largest absolute Gasteiger partial charge is 0.303 e. The fraction of sp³-hybridized carbons (Fsp3) is 0.289. The quantitative estimate of drug-likeness (QED) is 0.145. The van der Waals surface area contributed by atoms with E-state index in [0.29, 0.717) is 27.3 Å². The molecule has 1 saturated carbocycles. The van der Waals surface area contributed by atoms with E-state index in [1.54, 1.807) is 24.3 Å². The lowest BCUT2D eigenvalue weighted by molar-refractivity contribution is 0.350. The Morgan fingerprint density at radius 2 is 1.65 bits per heavy atom. The van der Waals surface area contributed by atoms with Crippen molar-refractivity contribution in [3.05, 3.63) is 119 Å². The van der Waals surface area contributed by atoms with Crippen molar-refractivity contribution >= 4 is 50.9 Å². The molecule has 0 atom stereocenters. The van der Waals surface area contributed by atoms with E-state index in [2.05, 4.69) is 62.1 Å². The molecule has 0 spiro atoms. The summed E-state index contributed by atoms with van der Waals surface area (Å²) < 4.78 is 34.2. The summed E-state index contributed by atoms with van der Waals surface area (Å²) in [6, 6.07) is 29.6. The van der Waals surface area contributed by atoms with Crippen molar-refractivity contribution in [2.75, 3.05) is 23.1 Å². The van der Waals surface area contributed by atoms with Crippen LogP contribution >= 0.6 is 35.3 Å². The maximum atomic E-state index is 13.3. The molecule has 4 aromatic carbocycles. The number of imidazole rings is 1. The van der Waals surface area contributed by atoms with Gasteiger partial charge in [0.1, 0.15) is 5.82 Å². The molecule has 10 heteroatoms. The van der Waals surface area contributed by atoms with Gasteiger partial charge >= 0.3 is 0 Å². The summed E-state index contributed by atoms with van der Waals surface area (Å²) in [5.41, 5.74) is 6.68. The number of rotatable bonds is 10. The Morgan fingerprint density at radius 1 is 0.854 bits per heavy atom. The van der Waals surface area contributed by atoms with E-state index in [4.69, 9.17) is 28.2 Å². The molecular formula is C38H38Cl2N4O2S2. The van der Waals surface area contributed by atoms with Gasteiger partial charge in [-0.25, -0.2) is 18.1 Å². The van der Waals surface area contributed by atoms with Gasteiger partial charge in [-0.1, -0.05) is 97.8 Å². The third kappa shape index (κ3) is 7.63. The molecule has 7 rings (SSSR count). The zero-order valence-corrected chi connectivity index (χ0v) is 29.8. The van der Waals surface area contributed by atoms with Gasteiger partial charge in [-0.05, 0) is 77.6 Å². The predicted octanol–water partition coefficient (Wildman–Crippen LogP) is 9.82. The molecule has 0 amide bonds. The summed E-state index contributed by atoms with van der Waals surface area (Å²) in [7, 11) is -3.34. The van der Waals surface area contributed by atoms with E-state index in [1.165, 1.54) is 19.3 Å². The maximum Gasteiger partial charge on any atom is 0.178 e. The van der Waals surface area contributed by atoms with Crippen LogP contribution in [0.1, 0.15) is 49.9 Å². The van der Waals surface area contributed by atoms with Crippen molar-refractivity contribution in [1.82, 2.24) is 14.3 Å². The van der Waals surface area contributed by atoms with Gasteiger partial charge in [0.15, 0.2) is 9.84 Å². The lowest BCUT2D eigenvalue weighted by Gasteiger charge is -2.21. The van der Waals surface area contributed by atoms with Crippen molar-refractivity contribution < 1.29 is 8.42 Å². The Kier molecular flexibility index (Phi) is 10.2. The van der Waals surface area contributed by atoms with Gasteiger partial charge in [0.2, 0.25) is 0 Å². The average molecular weight is 718 g/mol. The van der Waals surface area contributed by atoms with E-state index >= 15 is 0 Å². The highest BCUT2D eigenvalue weighted by molar-refractivity contribution is 7.99. The number of hydrogen-bond acceptors (Lipinski definition) is 6. The zero-order valence-electron chi connectivity index (χ0n) is 26.6. The van der Waals surface area contributed by atoms with Gasteiger partial charge in [-0.15, -0.1) is 0 Å². The molecule has 1 saturated heterocycles. The third-order valence-electron chi connectivity index (χ3n) is 9.34. The number of nitrogens with zero attached hydrogens (tertiary/aromatic N) is 3. The van der Waals surface area contributed by atoms with Gasteiger partial charge < -0.3 is 8.87 Å². The van der Waals surface area contributed by atoms with Crippen LogP contribution in [0.25, 0.3) is 28.1 Å². The monoisotopic (exact) mass is 716 g/mol. The smallest absolute Gasteiger partial charge is 0.178 e. The first-order valence-corrected chi connectivity index (χ1v) is 19.7. The second-order valence-corrected chi connectivity index (χ2v) is 16.5. The standard InChI is InChI=1S/C38H38Cl2N4O2S2/c39-31-16-17-35(36(40)24-31)37-26-43(32-9-5-10-33(25-32)44-20-19-41-47-44)38(42-37)22-28-12-14-29(15-13-28)30-8-4-11-34(23-30)48(45,46)21-18-27-6-2-1-3-7-27/h4-5,8-17,23-27,41H,1-3,6-7,18-22H2. The molecule has 6 nitrogen and oxygen atoms in total. The van der Waals surface area contributed by atoms with Crippen LogP contribution in [-0.4, -0.2) is 36.8 Å². The molecule has 2 heterocycles. The second kappa shape index (κ2) is 14.7. The third-order valence-corrected chi connectivity index (χ3v) is 12.6. The highest BCUT2D eigenvalue weighted by Crippen LogP contribution is 2.33. The Hall–Kier alpha value is -3.27. The van der Waals surface area contributed by atoms with Crippen LogP contribution in [-0.2, 0) is 16.3 Å². The van der Waals surface area contributed by atoms with Gasteiger partial charge in [0.05, 0.1) is 27.1 Å². The van der Waals surface area contributed by atoms with Crippen LogP contribution in [0.4, 0.5) is 5.69 Å². The molecule has 1 aromatic heterocycles. The molecule has 1 N–H and O–H groups in total. The van der Waals surface area contributed by atoms with Gasteiger partial charge in [0.25, 0.3) is 0 Å². The molecule has 0 radical (unpaired) electrons. The van der Waals surface area contributed by atoms with Gasteiger partial charge in [-0.2, -0.15) is 0 Å². The molecule has 5 aromatic rings. The Balaban J connectivity index is 1.14. The minimum absolute atomic E-state index is 0.215. The van der Waals surface area contributed by atoms with E-state index < -0.39 is 9.84 Å². The number of benzene rings is 4. The number of nitrogens with one attached hydrogen (secondary N) is 1. The number of sulfone groups is 1. The van der Waals surface area contributed by atoms with Crippen LogP contribution in [0, 0.1) is 5.92 Å². The molecule has 2 fully saturated rings. The number of halogens is 2. The highest BCUT2D eigenvalue weighted by atomic mass is 35.5. The first-order valence-electron chi connectivity index (χ1n) is 16.6. The first-order chi connectivity index (χ1) is 23.3.